The average Bonchev–Trinajstić information content (AvgIpc) is 2.33. The molecule has 1 aliphatic rings. The van der Waals surface area contributed by atoms with Crippen LogP contribution in [0.3, 0.4) is 0 Å². The summed E-state index contributed by atoms with van der Waals surface area (Å²) >= 11 is 0. The van der Waals surface area contributed by atoms with Crippen molar-refractivity contribution < 1.29 is 13.9 Å². The molecule has 0 radical (unpaired) electrons. The van der Waals surface area contributed by atoms with Crippen LogP contribution in [0.4, 0.5) is 4.39 Å². The Morgan fingerprint density at radius 1 is 1.40 bits per heavy atom. The van der Waals surface area contributed by atoms with E-state index in [2.05, 4.69) is 12.2 Å². The summed E-state index contributed by atoms with van der Waals surface area (Å²) in [5.41, 5.74) is 0.817. The average molecular weight is 279 g/mol. The number of ketones is 1. The molecule has 1 saturated carbocycles. The van der Waals surface area contributed by atoms with Crippen LogP contribution in [0.25, 0.3) is 0 Å². The van der Waals surface area contributed by atoms with E-state index < -0.39 is 0 Å². The number of carbonyl (C=O) groups excluding carboxylic acids is 1. The molecule has 0 atom stereocenters. The summed E-state index contributed by atoms with van der Waals surface area (Å²) in [5, 5.41) is 3.36. The number of carbonyl (C=O) groups is 1. The van der Waals surface area contributed by atoms with Gasteiger partial charge >= 0.3 is 0 Å². The standard InChI is InChI=1S/C16H22FNO2/c1-3-18-14-9-16(10-14)20-15-7-12(5-4-11(2)19)6-13(17)8-15/h6-8,14,16,18H,3-5,9-10H2,1-2H3. The highest BCUT2D eigenvalue weighted by molar-refractivity contribution is 5.75. The van der Waals surface area contributed by atoms with E-state index in [1.54, 1.807) is 6.92 Å². The van der Waals surface area contributed by atoms with Crippen molar-refractivity contribution in [2.45, 2.75) is 51.7 Å². The maximum Gasteiger partial charge on any atom is 0.130 e. The fourth-order valence-corrected chi connectivity index (χ4v) is 2.46. The maximum absolute atomic E-state index is 13.5. The van der Waals surface area contributed by atoms with Gasteiger partial charge in [0.15, 0.2) is 0 Å². The molecule has 1 aromatic carbocycles. The third-order valence-corrected chi connectivity index (χ3v) is 3.59. The van der Waals surface area contributed by atoms with Crippen LogP contribution in [0.15, 0.2) is 18.2 Å². The topological polar surface area (TPSA) is 38.3 Å². The van der Waals surface area contributed by atoms with Gasteiger partial charge in [-0.25, -0.2) is 4.39 Å². The van der Waals surface area contributed by atoms with Crippen molar-refractivity contribution in [3.63, 3.8) is 0 Å². The zero-order valence-electron chi connectivity index (χ0n) is 12.1. The number of aryl methyl sites for hydroxylation is 1. The zero-order chi connectivity index (χ0) is 14.5. The highest BCUT2D eigenvalue weighted by atomic mass is 19.1. The molecule has 0 unspecified atom stereocenters. The molecule has 0 saturated heterocycles. The molecule has 0 aromatic heterocycles. The molecule has 0 spiro atoms. The van der Waals surface area contributed by atoms with Gasteiger partial charge in [0, 0.05) is 18.5 Å². The Kier molecular flexibility index (Phi) is 5.12. The summed E-state index contributed by atoms with van der Waals surface area (Å²) in [6.45, 7) is 4.60. The molecule has 1 N–H and O–H groups in total. The van der Waals surface area contributed by atoms with Crippen LogP contribution in [-0.2, 0) is 11.2 Å². The van der Waals surface area contributed by atoms with Crippen molar-refractivity contribution in [2.24, 2.45) is 0 Å². The minimum absolute atomic E-state index is 0.115. The smallest absolute Gasteiger partial charge is 0.130 e. The zero-order valence-corrected chi connectivity index (χ0v) is 12.1. The van der Waals surface area contributed by atoms with Crippen molar-refractivity contribution in [3.05, 3.63) is 29.6 Å². The van der Waals surface area contributed by atoms with Crippen LogP contribution in [0, 0.1) is 5.82 Å². The molecule has 1 fully saturated rings. The Labute approximate surface area is 119 Å². The highest BCUT2D eigenvalue weighted by Gasteiger charge is 2.30. The number of halogens is 1. The van der Waals surface area contributed by atoms with E-state index in [9.17, 15) is 9.18 Å². The predicted molar refractivity (Wildman–Crippen MR) is 76.5 cm³/mol. The first-order valence-corrected chi connectivity index (χ1v) is 7.25. The van der Waals surface area contributed by atoms with Gasteiger partial charge in [-0.2, -0.15) is 0 Å². The first kappa shape index (κ1) is 15.0. The van der Waals surface area contributed by atoms with E-state index in [0.717, 1.165) is 24.9 Å². The van der Waals surface area contributed by atoms with Crippen LogP contribution in [0.1, 0.15) is 38.7 Å². The molecule has 0 aliphatic heterocycles. The molecule has 3 nitrogen and oxygen atoms in total. The SMILES string of the molecule is CCNC1CC(Oc2cc(F)cc(CCC(C)=O)c2)C1. The van der Waals surface area contributed by atoms with Gasteiger partial charge in [-0.05, 0) is 50.4 Å². The quantitative estimate of drug-likeness (QED) is 0.834. The van der Waals surface area contributed by atoms with Crippen LogP contribution < -0.4 is 10.1 Å². The van der Waals surface area contributed by atoms with Gasteiger partial charge in [-0.15, -0.1) is 0 Å². The lowest BCUT2D eigenvalue weighted by Crippen LogP contribution is -2.46. The van der Waals surface area contributed by atoms with Gasteiger partial charge in [0.2, 0.25) is 0 Å². The second-order valence-corrected chi connectivity index (χ2v) is 5.46. The predicted octanol–water partition coefficient (Wildman–Crippen LogP) is 2.87. The number of Topliss-reactive ketones (excluding diaryl/α,β-unsaturated/α-hetero) is 1. The molecular weight excluding hydrogens is 257 g/mol. The number of nitrogens with one attached hydrogen (secondary N) is 1. The van der Waals surface area contributed by atoms with Crippen LogP contribution in [0.5, 0.6) is 5.75 Å². The van der Waals surface area contributed by atoms with E-state index >= 15 is 0 Å². The van der Waals surface area contributed by atoms with Crippen LogP contribution in [-0.4, -0.2) is 24.5 Å². The Morgan fingerprint density at radius 3 is 2.80 bits per heavy atom. The van der Waals surface area contributed by atoms with Gasteiger partial charge in [-0.1, -0.05) is 6.92 Å². The monoisotopic (exact) mass is 279 g/mol. The van der Waals surface area contributed by atoms with Crippen molar-refractivity contribution in [1.29, 1.82) is 0 Å². The summed E-state index contributed by atoms with van der Waals surface area (Å²) < 4.78 is 19.3. The largest absolute Gasteiger partial charge is 0.490 e. The van der Waals surface area contributed by atoms with Crippen molar-refractivity contribution in [1.82, 2.24) is 5.32 Å². The van der Waals surface area contributed by atoms with E-state index in [4.69, 9.17) is 4.74 Å². The summed E-state index contributed by atoms with van der Waals surface area (Å²) in [4.78, 5) is 11.0. The molecule has 20 heavy (non-hydrogen) atoms. The minimum atomic E-state index is -0.302. The number of hydrogen-bond donors (Lipinski definition) is 1. The third-order valence-electron chi connectivity index (χ3n) is 3.59. The first-order chi connectivity index (χ1) is 9.56. The molecule has 4 heteroatoms. The fraction of sp³-hybridized carbons (Fsp3) is 0.562. The van der Waals surface area contributed by atoms with Gasteiger partial charge < -0.3 is 14.8 Å². The second-order valence-electron chi connectivity index (χ2n) is 5.46. The second kappa shape index (κ2) is 6.84. The number of rotatable bonds is 7. The third kappa shape index (κ3) is 4.30. The summed E-state index contributed by atoms with van der Waals surface area (Å²) in [6.07, 6.45) is 3.10. The molecule has 110 valence electrons. The Bertz CT molecular complexity index is 470. The summed E-state index contributed by atoms with van der Waals surface area (Å²) in [7, 11) is 0. The minimum Gasteiger partial charge on any atom is -0.490 e. The Balaban J connectivity index is 1.90. The summed E-state index contributed by atoms with van der Waals surface area (Å²) in [6, 6.07) is 5.25. The lowest BCUT2D eigenvalue weighted by Gasteiger charge is -2.35. The lowest BCUT2D eigenvalue weighted by molar-refractivity contribution is -0.116. The number of hydrogen-bond acceptors (Lipinski definition) is 3. The molecule has 0 heterocycles. The molecule has 1 aromatic rings. The molecule has 0 amide bonds. The molecule has 1 aliphatic carbocycles. The Morgan fingerprint density at radius 2 is 2.15 bits per heavy atom. The van der Waals surface area contributed by atoms with E-state index in [-0.39, 0.29) is 17.7 Å². The summed E-state index contributed by atoms with van der Waals surface area (Å²) in [5.74, 6) is 0.385. The Hall–Kier alpha value is -1.42. The van der Waals surface area contributed by atoms with E-state index in [0.29, 0.717) is 24.6 Å². The lowest BCUT2D eigenvalue weighted by atomic mass is 9.89. The van der Waals surface area contributed by atoms with E-state index in [1.165, 1.54) is 12.1 Å². The molecule has 0 bridgehead atoms. The van der Waals surface area contributed by atoms with Crippen molar-refractivity contribution in [3.8, 4) is 5.75 Å². The highest BCUT2D eigenvalue weighted by Crippen LogP contribution is 2.27. The van der Waals surface area contributed by atoms with Gasteiger partial charge in [0.25, 0.3) is 0 Å². The van der Waals surface area contributed by atoms with Crippen molar-refractivity contribution >= 4 is 5.78 Å². The van der Waals surface area contributed by atoms with E-state index in [1.807, 2.05) is 6.07 Å². The van der Waals surface area contributed by atoms with Crippen LogP contribution in [0.2, 0.25) is 0 Å². The number of benzene rings is 1. The first-order valence-electron chi connectivity index (χ1n) is 7.25. The number of ether oxygens (including phenoxy) is 1. The van der Waals surface area contributed by atoms with Gasteiger partial charge in [0.05, 0.1) is 0 Å². The molecular formula is C16H22FNO2. The molecule has 2 rings (SSSR count). The maximum atomic E-state index is 13.5. The van der Waals surface area contributed by atoms with Gasteiger partial charge in [-0.3, -0.25) is 0 Å². The normalized spacial score (nSPS) is 21.4. The van der Waals surface area contributed by atoms with Gasteiger partial charge in [0.1, 0.15) is 23.5 Å². The fourth-order valence-electron chi connectivity index (χ4n) is 2.46. The van der Waals surface area contributed by atoms with Crippen molar-refractivity contribution in [2.75, 3.05) is 6.54 Å². The van der Waals surface area contributed by atoms with Crippen LogP contribution >= 0.6 is 0 Å².